The molecule has 1 aromatic carbocycles. The van der Waals surface area contributed by atoms with E-state index in [1.165, 1.54) is 0 Å². The van der Waals surface area contributed by atoms with Gasteiger partial charge in [-0.2, -0.15) is 0 Å². The van der Waals surface area contributed by atoms with Gasteiger partial charge in [0.25, 0.3) is 5.91 Å². The fourth-order valence-electron chi connectivity index (χ4n) is 3.83. The highest BCUT2D eigenvalue weighted by Crippen LogP contribution is 2.28. The summed E-state index contributed by atoms with van der Waals surface area (Å²) in [4.78, 5) is 14.6. The Kier molecular flexibility index (Phi) is 6.80. The van der Waals surface area contributed by atoms with Crippen LogP contribution in [-0.2, 0) is 17.9 Å². The maximum atomic E-state index is 12.7. The number of halogens is 2. The first kappa shape index (κ1) is 20.9. The van der Waals surface area contributed by atoms with Gasteiger partial charge in [-0.3, -0.25) is 4.79 Å². The number of ether oxygens (including phenoxy) is 1. The van der Waals surface area contributed by atoms with Crippen molar-refractivity contribution in [2.75, 3.05) is 19.6 Å². The summed E-state index contributed by atoms with van der Waals surface area (Å²) in [6, 6.07) is 7.13. The predicted octanol–water partition coefficient (Wildman–Crippen LogP) is 2.63. The highest BCUT2D eigenvalue weighted by atomic mass is 35.5. The first-order valence-corrected chi connectivity index (χ1v) is 9.83. The van der Waals surface area contributed by atoms with E-state index >= 15 is 0 Å². The molecule has 1 aromatic heterocycles. The maximum Gasteiger partial charge on any atom is 0.263 e. The van der Waals surface area contributed by atoms with Crippen LogP contribution in [0.5, 0.6) is 5.75 Å². The van der Waals surface area contributed by atoms with Gasteiger partial charge < -0.3 is 19.5 Å². The smallest absolute Gasteiger partial charge is 0.263 e. The van der Waals surface area contributed by atoms with E-state index in [-0.39, 0.29) is 18.3 Å². The molecule has 0 bridgehead atoms. The molecular formula is C19H25Cl2N5O2. The molecule has 7 nitrogen and oxygen atoms in total. The highest BCUT2D eigenvalue weighted by molar-refractivity contribution is 6.30. The SMILES string of the molecule is CC(Oc1cccc(Cl)c1)C(=O)N1CCC(c2nnc3n2CCNC3)CC1.Cl. The van der Waals surface area contributed by atoms with Gasteiger partial charge >= 0.3 is 0 Å². The molecule has 4 rings (SSSR count). The number of nitrogens with zero attached hydrogens (tertiary/aromatic N) is 4. The quantitative estimate of drug-likeness (QED) is 0.814. The second-order valence-corrected chi connectivity index (χ2v) is 7.56. The minimum atomic E-state index is -0.535. The molecule has 2 aromatic rings. The Morgan fingerprint density at radius 1 is 1.29 bits per heavy atom. The predicted molar refractivity (Wildman–Crippen MR) is 109 cm³/mol. The van der Waals surface area contributed by atoms with Crippen molar-refractivity contribution in [2.45, 2.75) is 44.9 Å². The summed E-state index contributed by atoms with van der Waals surface area (Å²) in [5.74, 6) is 3.07. The second kappa shape index (κ2) is 9.11. The molecule has 9 heteroatoms. The first-order chi connectivity index (χ1) is 13.1. The van der Waals surface area contributed by atoms with Gasteiger partial charge in [-0.05, 0) is 38.0 Å². The summed E-state index contributed by atoms with van der Waals surface area (Å²) in [7, 11) is 0. The Balaban J connectivity index is 0.00000225. The van der Waals surface area contributed by atoms with Crippen molar-refractivity contribution < 1.29 is 9.53 Å². The van der Waals surface area contributed by atoms with Crippen LogP contribution >= 0.6 is 24.0 Å². The minimum Gasteiger partial charge on any atom is -0.481 e. The Hall–Kier alpha value is -1.83. The number of carbonyl (C=O) groups is 1. The van der Waals surface area contributed by atoms with E-state index in [1.807, 2.05) is 17.0 Å². The number of rotatable bonds is 4. The van der Waals surface area contributed by atoms with E-state index in [9.17, 15) is 4.79 Å². The van der Waals surface area contributed by atoms with Crippen LogP contribution in [0.3, 0.4) is 0 Å². The maximum absolute atomic E-state index is 12.7. The summed E-state index contributed by atoms with van der Waals surface area (Å²) in [6.07, 6.45) is 1.27. The number of benzene rings is 1. The highest BCUT2D eigenvalue weighted by Gasteiger charge is 2.30. The van der Waals surface area contributed by atoms with Crippen molar-refractivity contribution >= 4 is 29.9 Å². The van der Waals surface area contributed by atoms with Crippen LogP contribution in [0.25, 0.3) is 0 Å². The summed E-state index contributed by atoms with van der Waals surface area (Å²) >= 11 is 5.98. The number of carbonyl (C=O) groups excluding carboxylic acids is 1. The summed E-state index contributed by atoms with van der Waals surface area (Å²) in [5.41, 5.74) is 0. The number of hydrogen-bond donors (Lipinski definition) is 1. The molecule has 1 N–H and O–H groups in total. The lowest BCUT2D eigenvalue weighted by Crippen LogP contribution is -2.44. The monoisotopic (exact) mass is 425 g/mol. The molecule has 1 fully saturated rings. The van der Waals surface area contributed by atoms with Crippen LogP contribution in [-0.4, -0.2) is 51.3 Å². The average Bonchev–Trinajstić information content (AvgIpc) is 3.12. The molecule has 1 saturated heterocycles. The van der Waals surface area contributed by atoms with Crippen LogP contribution in [0.2, 0.25) is 5.02 Å². The van der Waals surface area contributed by atoms with Crippen molar-refractivity contribution in [3.63, 3.8) is 0 Å². The molecule has 1 unspecified atom stereocenters. The first-order valence-electron chi connectivity index (χ1n) is 9.45. The van der Waals surface area contributed by atoms with Crippen molar-refractivity contribution in [3.8, 4) is 5.75 Å². The molecule has 2 aliphatic rings. The average molecular weight is 426 g/mol. The molecule has 1 amide bonds. The Bertz CT molecular complexity index is 820. The summed E-state index contributed by atoms with van der Waals surface area (Å²) < 4.78 is 8.01. The van der Waals surface area contributed by atoms with Crippen molar-refractivity contribution in [2.24, 2.45) is 0 Å². The Morgan fingerprint density at radius 3 is 2.82 bits per heavy atom. The summed E-state index contributed by atoms with van der Waals surface area (Å²) in [6.45, 7) is 5.87. The Labute approximate surface area is 175 Å². The Morgan fingerprint density at radius 2 is 2.07 bits per heavy atom. The topological polar surface area (TPSA) is 72.3 Å². The molecule has 0 spiro atoms. The largest absolute Gasteiger partial charge is 0.481 e. The standard InChI is InChI=1S/C19H24ClN5O2.ClH/c1-13(27-16-4-2-3-15(20)11-16)19(26)24-8-5-14(6-9-24)18-23-22-17-12-21-7-10-25(17)18;/h2-4,11,13-14,21H,5-10,12H2,1H3;1H. The third-order valence-corrected chi connectivity index (χ3v) is 5.51. The molecule has 3 heterocycles. The molecule has 2 aliphatic heterocycles. The molecule has 1 atom stereocenters. The van der Waals surface area contributed by atoms with Gasteiger partial charge in [0.1, 0.15) is 17.4 Å². The van der Waals surface area contributed by atoms with Gasteiger partial charge in [-0.25, -0.2) is 0 Å². The van der Waals surface area contributed by atoms with Crippen LogP contribution < -0.4 is 10.1 Å². The fourth-order valence-corrected chi connectivity index (χ4v) is 4.01. The van der Waals surface area contributed by atoms with Crippen molar-refractivity contribution in [1.29, 1.82) is 0 Å². The zero-order valence-corrected chi connectivity index (χ0v) is 17.4. The molecule has 0 aliphatic carbocycles. The van der Waals surface area contributed by atoms with Gasteiger partial charge in [-0.1, -0.05) is 17.7 Å². The van der Waals surface area contributed by atoms with Crippen LogP contribution in [0.1, 0.15) is 37.3 Å². The van der Waals surface area contributed by atoms with Crippen LogP contribution in [0.15, 0.2) is 24.3 Å². The number of piperidine rings is 1. The fraction of sp³-hybridized carbons (Fsp3) is 0.526. The van der Waals surface area contributed by atoms with Gasteiger partial charge in [0, 0.05) is 37.1 Å². The molecular weight excluding hydrogens is 401 g/mol. The van der Waals surface area contributed by atoms with Crippen molar-refractivity contribution in [3.05, 3.63) is 40.9 Å². The number of amides is 1. The van der Waals surface area contributed by atoms with E-state index in [4.69, 9.17) is 16.3 Å². The van der Waals surface area contributed by atoms with E-state index in [0.29, 0.717) is 29.8 Å². The number of aromatic nitrogens is 3. The van der Waals surface area contributed by atoms with Crippen molar-refractivity contribution in [1.82, 2.24) is 25.0 Å². The number of fused-ring (bicyclic) bond motifs is 1. The minimum absolute atomic E-state index is 0. The van der Waals surface area contributed by atoms with E-state index in [2.05, 4.69) is 20.1 Å². The number of likely N-dealkylation sites (tertiary alicyclic amines) is 1. The summed E-state index contributed by atoms with van der Waals surface area (Å²) in [5, 5.41) is 12.6. The lowest BCUT2D eigenvalue weighted by atomic mass is 9.95. The third kappa shape index (κ3) is 4.42. The molecule has 152 valence electrons. The zero-order chi connectivity index (χ0) is 18.8. The molecule has 0 saturated carbocycles. The van der Waals surface area contributed by atoms with E-state index in [0.717, 1.165) is 44.1 Å². The lowest BCUT2D eigenvalue weighted by Gasteiger charge is -2.33. The molecule has 28 heavy (non-hydrogen) atoms. The van der Waals surface area contributed by atoms with E-state index in [1.54, 1.807) is 19.1 Å². The number of hydrogen-bond acceptors (Lipinski definition) is 5. The van der Waals surface area contributed by atoms with Gasteiger partial charge in [0.2, 0.25) is 0 Å². The lowest BCUT2D eigenvalue weighted by molar-refractivity contribution is -0.139. The zero-order valence-electron chi connectivity index (χ0n) is 15.8. The normalized spacial score (nSPS) is 18.1. The van der Waals surface area contributed by atoms with Crippen LogP contribution in [0.4, 0.5) is 0 Å². The van der Waals surface area contributed by atoms with E-state index < -0.39 is 6.10 Å². The van der Waals surface area contributed by atoms with Gasteiger partial charge in [-0.15, -0.1) is 22.6 Å². The third-order valence-electron chi connectivity index (χ3n) is 5.28. The van der Waals surface area contributed by atoms with Gasteiger partial charge in [0.05, 0.1) is 6.54 Å². The van der Waals surface area contributed by atoms with Gasteiger partial charge in [0.15, 0.2) is 6.10 Å². The van der Waals surface area contributed by atoms with Crippen LogP contribution in [0, 0.1) is 0 Å². The molecule has 0 radical (unpaired) electrons. The number of nitrogens with one attached hydrogen (secondary N) is 1. The second-order valence-electron chi connectivity index (χ2n) is 7.12.